The molecule has 1 fully saturated rings. The van der Waals surface area contributed by atoms with Gasteiger partial charge in [-0.2, -0.15) is 0 Å². The summed E-state index contributed by atoms with van der Waals surface area (Å²) < 4.78 is 13.0. The van der Waals surface area contributed by atoms with Crippen LogP contribution in [0, 0.1) is 5.82 Å². The molecule has 2 aromatic carbocycles. The zero-order valence-corrected chi connectivity index (χ0v) is 16.5. The maximum absolute atomic E-state index is 13.0. The fourth-order valence-electron chi connectivity index (χ4n) is 3.27. The fraction of sp³-hybridized carbons (Fsp3) is 0.350. The van der Waals surface area contributed by atoms with Gasteiger partial charge in [0.2, 0.25) is 0 Å². The fourth-order valence-corrected chi connectivity index (χ4v) is 3.76. The molecule has 0 aromatic heterocycles. The Bertz CT molecular complexity index is 800. The smallest absolute Gasteiger partial charge is 0.255 e. The molecule has 2 N–H and O–H groups in total. The highest BCUT2D eigenvalue weighted by Gasteiger charge is 2.25. The molecule has 1 saturated heterocycles. The van der Waals surface area contributed by atoms with E-state index in [9.17, 15) is 9.18 Å². The van der Waals surface area contributed by atoms with Crippen LogP contribution < -0.4 is 10.9 Å². The monoisotopic (exact) mass is 409 g/mol. The minimum Gasteiger partial charge on any atom is -0.342 e. The molecule has 1 aliphatic heterocycles. The Hall–Kier alpha value is -1.66. The van der Waals surface area contributed by atoms with Crippen LogP contribution >= 0.6 is 23.2 Å². The SMILES string of the molecule is CN(CCCC1CC(c2ccc(F)cc2)NN1)C(=O)c1ccc(Cl)cc1Cl. The van der Waals surface area contributed by atoms with Crippen molar-refractivity contribution >= 4 is 29.1 Å². The van der Waals surface area contributed by atoms with Crippen LogP contribution in [0.4, 0.5) is 4.39 Å². The minimum absolute atomic E-state index is 0.113. The Morgan fingerprint density at radius 2 is 1.93 bits per heavy atom. The second-order valence-corrected chi connectivity index (χ2v) is 7.66. The van der Waals surface area contributed by atoms with Gasteiger partial charge in [0.15, 0.2) is 0 Å². The van der Waals surface area contributed by atoms with Gasteiger partial charge in [0.1, 0.15) is 5.82 Å². The zero-order chi connectivity index (χ0) is 19.4. The van der Waals surface area contributed by atoms with Crippen molar-refractivity contribution < 1.29 is 9.18 Å². The highest BCUT2D eigenvalue weighted by atomic mass is 35.5. The van der Waals surface area contributed by atoms with Gasteiger partial charge in [-0.1, -0.05) is 35.3 Å². The van der Waals surface area contributed by atoms with Crippen LogP contribution in [0.2, 0.25) is 10.0 Å². The van der Waals surface area contributed by atoms with Gasteiger partial charge < -0.3 is 4.90 Å². The van der Waals surface area contributed by atoms with E-state index in [0.29, 0.717) is 28.2 Å². The first-order chi connectivity index (χ1) is 12.9. The number of rotatable bonds is 6. The lowest BCUT2D eigenvalue weighted by atomic mass is 9.99. The molecule has 144 valence electrons. The normalized spacial score (nSPS) is 19.3. The number of halogens is 3. The van der Waals surface area contributed by atoms with Crippen molar-refractivity contribution in [1.82, 2.24) is 15.8 Å². The first-order valence-corrected chi connectivity index (χ1v) is 9.66. The molecule has 0 spiro atoms. The van der Waals surface area contributed by atoms with Crippen LogP contribution in [0.25, 0.3) is 0 Å². The van der Waals surface area contributed by atoms with E-state index in [4.69, 9.17) is 23.2 Å². The number of nitrogens with one attached hydrogen (secondary N) is 2. The van der Waals surface area contributed by atoms with E-state index in [-0.39, 0.29) is 17.8 Å². The molecule has 2 atom stereocenters. The van der Waals surface area contributed by atoms with E-state index in [0.717, 1.165) is 24.8 Å². The molecule has 4 nitrogen and oxygen atoms in total. The molecule has 0 bridgehead atoms. The Kier molecular flexibility index (Phi) is 6.71. The minimum atomic E-state index is -0.227. The van der Waals surface area contributed by atoms with Gasteiger partial charge in [-0.05, 0) is 55.2 Å². The molecule has 2 aromatic rings. The largest absolute Gasteiger partial charge is 0.342 e. The second kappa shape index (κ2) is 9.02. The summed E-state index contributed by atoms with van der Waals surface area (Å²) in [5, 5.41) is 0.873. The van der Waals surface area contributed by atoms with Crippen LogP contribution in [0.3, 0.4) is 0 Å². The van der Waals surface area contributed by atoms with Crippen LogP contribution in [0.1, 0.15) is 41.2 Å². The van der Waals surface area contributed by atoms with Gasteiger partial charge in [-0.3, -0.25) is 15.6 Å². The summed E-state index contributed by atoms with van der Waals surface area (Å²) in [6.45, 7) is 0.636. The average molecular weight is 410 g/mol. The Labute approximate surface area is 168 Å². The summed E-state index contributed by atoms with van der Waals surface area (Å²) in [6, 6.07) is 11.9. The molecule has 1 amide bonds. The maximum atomic E-state index is 13.0. The third-order valence-electron chi connectivity index (χ3n) is 4.81. The van der Waals surface area contributed by atoms with Crippen molar-refractivity contribution in [2.45, 2.75) is 31.3 Å². The number of carbonyl (C=O) groups excluding carboxylic acids is 1. The first kappa shape index (κ1) is 20.1. The summed E-state index contributed by atoms with van der Waals surface area (Å²) in [5.74, 6) is -0.340. The van der Waals surface area contributed by atoms with Crippen LogP contribution in [0.15, 0.2) is 42.5 Å². The van der Waals surface area contributed by atoms with Gasteiger partial charge in [0, 0.05) is 30.7 Å². The Morgan fingerprint density at radius 1 is 1.19 bits per heavy atom. The molecule has 0 radical (unpaired) electrons. The topological polar surface area (TPSA) is 44.4 Å². The van der Waals surface area contributed by atoms with E-state index in [1.165, 1.54) is 12.1 Å². The molecule has 3 rings (SSSR count). The van der Waals surface area contributed by atoms with Gasteiger partial charge in [-0.15, -0.1) is 0 Å². The van der Waals surface area contributed by atoms with E-state index in [1.54, 1.807) is 42.3 Å². The maximum Gasteiger partial charge on any atom is 0.255 e. The number of amides is 1. The highest BCUT2D eigenvalue weighted by Crippen LogP contribution is 2.25. The lowest BCUT2D eigenvalue weighted by Gasteiger charge is -2.19. The molecule has 27 heavy (non-hydrogen) atoms. The average Bonchev–Trinajstić information content (AvgIpc) is 3.10. The summed E-state index contributed by atoms with van der Waals surface area (Å²) in [6.07, 6.45) is 2.71. The number of hydrogen-bond acceptors (Lipinski definition) is 3. The van der Waals surface area contributed by atoms with E-state index in [1.807, 2.05) is 0 Å². The van der Waals surface area contributed by atoms with E-state index >= 15 is 0 Å². The molecule has 7 heteroatoms. The van der Waals surface area contributed by atoms with Crippen molar-refractivity contribution in [3.8, 4) is 0 Å². The van der Waals surface area contributed by atoms with E-state index < -0.39 is 0 Å². The van der Waals surface area contributed by atoms with E-state index in [2.05, 4.69) is 10.9 Å². The van der Waals surface area contributed by atoms with Gasteiger partial charge >= 0.3 is 0 Å². The van der Waals surface area contributed by atoms with Crippen molar-refractivity contribution in [2.24, 2.45) is 0 Å². The van der Waals surface area contributed by atoms with Crippen molar-refractivity contribution in [2.75, 3.05) is 13.6 Å². The van der Waals surface area contributed by atoms with Gasteiger partial charge in [-0.25, -0.2) is 4.39 Å². The lowest BCUT2D eigenvalue weighted by molar-refractivity contribution is 0.0792. The molecular weight excluding hydrogens is 388 g/mol. The van der Waals surface area contributed by atoms with Gasteiger partial charge in [0.25, 0.3) is 5.91 Å². The molecule has 0 aliphatic carbocycles. The second-order valence-electron chi connectivity index (χ2n) is 6.82. The number of benzene rings is 2. The quantitative estimate of drug-likeness (QED) is 0.732. The highest BCUT2D eigenvalue weighted by molar-refractivity contribution is 6.36. The zero-order valence-electron chi connectivity index (χ0n) is 15.0. The third kappa shape index (κ3) is 5.20. The van der Waals surface area contributed by atoms with Crippen LogP contribution in [-0.2, 0) is 0 Å². The number of nitrogens with zero attached hydrogens (tertiary/aromatic N) is 1. The van der Waals surface area contributed by atoms with Crippen molar-refractivity contribution in [1.29, 1.82) is 0 Å². The number of carbonyl (C=O) groups is 1. The predicted octanol–water partition coefficient (Wildman–Crippen LogP) is 4.59. The van der Waals surface area contributed by atoms with Crippen LogP contribution in [-0.4, -0.2) is 30.4 Å². The standard InChI is InChI=1S/C20H22Cl2FN3O/c1-26(20(27)17-9-6-14(21)11-18(17)22)10-2-3-16-12-19(25-24-16)13-4-7-15(23)8-5-13/h4-9,11,16,19,24-25H,2-3,10,12H2,1H3. The molecule has 0 saturated carbocycles. The summed E-state index contributed by atoms with van der Waals surface area (Å²) >= 11 is 12.0. The molecular formula is C20H22Cl2FN3O. The van der Waals surface area contributed by atoms with Crippen molar-refractivity contribution in [3.05, 3.63) is 69.5 Å². The first-order valence-electron chi connectivity index (χ1n) is 8.91. The third-order valence-corrected chi connectivity index (χ3v) is 5.36. The summed E-state index contributed by atoms with van der Waals surface area (Å²) in [7, 11) is 1.77. The lowest BCUT2D eigenvalue weighted by Crippen LogP contribution is -2.32. The number of hydrazine groups is 1. The summed E-state index contributed by atoms with van der Waals surface area (Å²) in [5.41, 5.74) is 8.07. The van der Waals surface area contributed by atoms with Gasteiger partial charge in [0.05, 0.1) is 10.6 Å². The molecule has 1 heterocycles. The molecule has 2 unspecified atom stereocenters. The Morgan fingerprint density at radius 3 is 2.63 bits per heavy atom. The predicted molar refractivity (Wildman–Crippen MR) is 106 cm³/mol. The molecule has 1 aliphatic rings. The Balaban J connectivity index is 1.45. The number of hydrogen-bond donors (Lipinski definition) is 2. The van der Waals surface area contributed by atoms with Crippen LogP contribution in [0.5, 0.6) is 0 Å². The summed E-state index contributed by atoms with van der Waals surface area (Å²) in [4.78, 5) is 14.2. The van der Waals surface area contributed by atoms with Crippen molar-refractivity contribution in [3.63, 3.8) is 0 Å².